The molecule has 2 nitrogen and oxygen atoms in total. The summed E-state index contributed by atoms with van der Waals surface area (Å²) in [6.45, 7) is 0.145. The monoisotopic (exact) mass is 366 g/mol. The van der Waals surface area contributed by atoms with Gasteiger partial charge in [-0.2, -0.15) is 0 Å². The number of alkyl halides is 1. The molecule has 0 saturated carbocycles. The van der Waals surface area contributed by atoms with Crippen molar-refractivity contribution >= 4 is 26.1 Å². The van der Waals surface area contributed by atoms with Crippen molar-refractivity contribution in [3.05, 3.63) is 54.1 Å². The first-order chi connectivity index (χ1) is 9.28. The molecule has 0 aliphatic heterocycles. The van der Waals surface area contributed by atoms with Crippen molar-refractivity contribution in [2.45, 2.75) is 6.61 Å². The molecule has 2 aromatic rings. The zero-order chi connectivity index (χ0) is 13.5. The predicted molar refractivity (Wildman–Crippen MR) is 75.5 cm³/mol. The number of hydrogen-bond acceptors (Lipinski definition) is 2. The Hall–Kier alpha value is -1.23. The van der Waals surface area contributed by atoms with Gasteiger partial charge in [-0.25, -0.2) is 4.39 Å². The summed E-state index contributed by atoms with van der Waals surface area (Å²) in [5.74, 6) is 1.55. The Morgan fingerprint density at radius 3 is 2.05 bits per heavy atom. The quantitative estimate of drug-likeness (QED) is 0.731. The topological polar surface area (TPSA) is 18.5 Å². The van der Waals surface area contributed by atoms with Crippen LogP contribution >= 0.6 is 0 Å². The van der Waals surface area contributed by atoms with Gasteiger partial charge in [0.15, 0.2) is 0 Å². The number of ether oxygens (including phenoxy) is 2. The summed E-state index contributed by atoms with van der Waals surface area (Å²) in [6, 6.07) is 15.6. The second kappa shape index (κ2) is 7.38. The molecule has 0 amide bonds. The van der Waals surface area contributed by atoms with Crippen LogP contribution in [0.25, 0.3) is 0 Å². The van der Waals surface area contributed by atoms with Gasteiger partial charge in [-0.15, -0.1) is 0 Å². The summed E-state index contributed by atoms with van der Waals surface area (Å²) >= 11 is 1.12. The summed E-state index contributed by atoms with van der Waals surface area (Å²) < 4.78 is 24.1. The zero-order valence-corrected chi connectivity index (χ0v) is 13.8. The van der Waals surface area contributed by atoms with E-state index in [2.05, 4.69) is 12.1 Å². The Balaban J connectivity index is 1.87. The molecule has 0 heterocycles. The van der Waals surface area contributed by atoms with Crippen molar-refractivity contribution in [1.29, 1.82) is 0 Å². The molecule has 2 aromatic carbocycles. The molecule has 2 radical (unpaired) electrons. The maximum atomic E-state index is 12.0. The molecule has 0 atom stereocenters. The number of benzene rings is 2. The van der Waals surface area contributed by atoms with E-state index in [0.717, 1.165) is 33.8 Å². The Kier molecular flexibility index (Phi) is 5.51. The van der Waals surface area contributed by atoms with Gasteiger partial charge in [0, 0.05) is 0 Å². The van der Waals surface area contributed by atoms with Crippen LogP contribution in [0.15, 0.2) is 48.5 Å². The molecule has 0 aliphatic rings. The second-order valence-corrected chi connectivity index (χ2v) is 5.94. The fourth-order valence-corrected chi connectivity index (χ4v) is 2.12. The van der Waals surface area contributed by atoms with Crippen molar-refractivity contribution in [1.82, 2.24) is 0 Å². The number of hydrogen-bond donors (Lipinski definition) is 0. The molecule has 98 valence electrons. The van der Waals surface area contributed by atoms with E-state index in [4.69, 9.17) is 9.47 Å². The summed E-state index contributed by atoms with van der Waals surface area (Å²) in [5, 5.41) is 0. The van der Waals surface area contributed by atoms with Gasteiger partial charge in [0.1, 0.15) is 6.67 Å². The van der Waals surface area contributed by atoms with Gasteiger partial charge in [0.25, 0.3) is 0 Å². The van der Waals surface area contributed by atoms with Crippen LogP contribution in [-0.2, 0) is 6.61 Å². The molecular weight excluding hydrogens is 350 g/mol. The van der Waals surface area contributed by atoms with Crippen molar-refractivity contribution < 1.29 is 13.9 Å². The van der Waals surface area contributed by atoms with Gasteiger partial charge >= 0.3 is 114 Å². The average Bonchev–Trinajstić information content (AvgIpc) is 2.46. The Bertz CT molecular complexity index is 497. The van der Waals surface area contributed by atoms with Crippen molar-refractivity contribution in [3.8, 4) is 11.5 Å². The van der Waals surface area contributed by atoms with Gasteiger partial charge in [-0.1, -0.05) is 0 Å². The zero-order valence-electron chi connectivity index (χ0n) is 10.5. The first-order valence-corrected chi connectivity index (χ1v) is 7.69. The van der Waals surface area contributed by atoms with Crippen molar-refractivity contribution in [2.75, 3.05) is 13.3 Å². The first-order valence-electron chi connectivity index (χ1n) is 6.04. The molecule has 19 heavy (non-hydrogen) atoms. The third kappa shape index (κ3) is 4.74. The third-order valence-corrected chi connectivity index (χ3v) is 3.65. The van der Waals surface area contributed by atoms with Crippen LogP contribution in [-0.4, -0.2) is 35.8 Å². The van der Waals surface area contributed by atoms with E-state index < -0.39 is 6.67 Å². The SMILES string of the molecule is FCCOc1ccc(COc2cc[c]([SnH])cc2)cc1. The number of halogens is 1. The molecule has 2 rings (SSSR count). The van der Waals surface area contributed by atoms with Crippen molar-refractivity contribution in [2.24, 2.45) is 0 Å². The fraction of sp³-hybridized carbons (Fsp3) is 0.200. The van der Waals surface area contributed by atoms with Gasteiger partial charge in [-0.3, -0.25) is 0 Å². The van der Waals surface area contributed by atoms with E-state index in [0.29, 0.717) is 12.4 Å². The van der Waals surface area contributed by atoms with E-state index in [9.17, 15) is 4.39 Å². The molecule has 0 spiro atoms. The summed E-state index contributed by atoms with van der Waals surface area (Å²) in [7, 11) is 0. The van der Waals surface area contributed by atoms with Crippen LogP contribution in [0.3, 0.4) is 0 Å². The van der Waals surface area contributed by atoms with Crippen LogP contribution in [0.5, 0.6) is 11.5 Å². The summed E-state index contributed by atoms with van der Waals surface area (Å²) in [6.07, 6.45) is 0. The van der Waals surface area contributed by atoms with Gasteiger partial charge in [0.05, 0.1) is 0 Å². The van der Waals surface area contributed by atoms with Crippen LogP contribution in [0, 0.1) is 0 Å². The van der Waals surface area contributed by atoms with E-state index in [1.807, 2.05) is 36.4 Å². The minimum absolute atomic E-state index is 0.0995. The van der Waals surface area contributed by atoms with E-state index >= 15 is 0 Å². The minimum atomic E-state index is -0.471. The van der Waals surface area contributed by atoms with Gasteiger partial charge < -0.3 is 0 Å². The molecule has 0 aromatic heterocycles. The first kappa shape index (κ1) is 14.2. The van der Waals surface area contributed by atoms with E-state index in [1.54, 1.807) is 0 Å². The van der Waals surface area contributed by atoms with E-state index in [1.165, 1.54) is 3.58 Å². The Morgan fingerprint density at radius 2 is 1.42 bits per heavy atom. The maximum absolute atomic E-state index is 12.0. The second-order valence-electron chi connectivity index (χ2n) is 4.04. The van der Waals surface area contributed by atoms with Crippen LogP contribution in [0.2, 0.25) is 0 Å². The molecule has 0 unspecified atom stereocenters. The normalized spacial score (nSPS) is 10.2. The van der Waals surface area contributed by atoms with Crippen LogP contribution in [0.1, 0.15) is 5.56 Å². The van der Waals surface area contributed by atoms with Crippen LogP contribution in [0.4, 0.5) is 4.39 Å². The number of rotatable bonds is 6. The Labute approximate surface area is 125 Å². The predicted octanol–water partition coefficient (Wildman–Crippen LogP) is 2.14. The average molecular weight is 365 g/mol. The molecule has 0 N–H and O–H groups in total. The molecule has 0 bridgehead atoms. The third-order valence-electron chi connectivity index (χ3n) is 2.55. The fourth-order valence-electron chi connectivity index (χ4n) is 1.57. The molecule has 0 aliphatic carbocycles. The van der Waals surface area contributed by atoms with Gasteiger partial charge in [-0.05, 0) is 0 Å². The molecule has 0 fully saturated rings. The Morgan fingerprint density at radius 1 is 0.842 bits per heavy atom. The molecule has 4 heteroatoms. The summed E-state index contributed by atoms with van der Waals surface area (Å²) in [4.78, 5) is 0. The van der Waals surface area contributed by atoms with Crippen LogP contribution < -0.4 is 13.1 Å². The molecule has 0 saturated heterocycles. The van der Waals surface area contributed by atoms with Crippen molar-refractivity contribution in [3.63, 3.8) is 0 Å². The summed E-state index contributed by atoms with van der Waals surface area (Å²) in [5.41, 5.74) is 1.06. The standard InChI is InChI=1S/C15H14FO2.Sn.H/c16-10-11-17-15-8-6-13(7-9-15)12-18-14-4-2-1-3-5-14;;/h2-9H,10-12H2;;. The van der Waals surface area contributed by atoms with Gasteiger partial charge in [0.2, 0.25) is 0 Å². The van der Waals surface area contributed by atoms with E-state index in [-0.39, 0.29) is 6.61 Å². The molecular formula is C15H15FO2Sn.